The van der Waals surface area contributed by atoms with E-state index in [1.54, 1.807) is 0 Å². The molecule has 1 unspecified atom stereocenters. The summed E-state index contributed by atoms with van der Waals surface area (Å²) < 4.78 is 0. The van der Waals surface area contributed by atoms with Crippen LogP contribution in [-0.2, 0) is 0 Å². The maximum absolute atomic E-state index is 6.46. The lowest BCUT2D eigenvalue weighted by Gasteiger charge is -2.33. The van der Waals surface area contributed by atoms with Crippen molar-refractivity contribution in [2.75, 3.05) is 18.0 Å². The molecule has 106 valence electrons. The van der Waals surface area contributed by atoms with Gasteiger partial charge >= 0.3 is 0 Å². The SMILES string of the molecule is CCN(CC(N)C1CCCCC1)c1cccc(C)c1. The first-order valence-electron chi connectivity index (χ1n) is 7.78. The predicted octanol–water partition coefficient (Wildman–Crippen LogP) is 3.73. The molecule has 1 atom stereocenters. The highest BCUT2D eigenvalue weighted by molar-refractivity contribution is 5.48. The molecule has 19 heavy (non-hydrogen) atoms. The Hall–Kier alpha value is -1.02. The Morgan fingerprint density at radius 2 is 2.00 bits per heavy atom. The Labute approximate surface area is 118 Å². The Balaban J connectivity index is 1.98. The quantitative estimate of drug-likeness (QED) is 0.874. The molecule has 1 saturated carbocycles. The lowest BCUT2D eigenvalue weighted by atomic mass is 9.84. The first-order chi connectivity index (χ1) is 9.20. The van der Waals surface area contributed by atoms with Crippen LogP contribution in [0.15, 0.2) is 24.3 Å². The summed E-state index contributed by atoms with van der Waals surface area (Å²) in [4.78, 5) is 2.42. The highest BCUT2D eigenvalue weighted by Crippen LogP contribution is 2.27. The number of anilines is 1. The van der Waals surface area contributed by atoms with Gasteiger partial charge in [-0.1, -0.05) is 31.4 Å². The maximum Gasteiger partial charge on any atom is 0.0369 e. The van der Waals surface area contributed by atoms with E-state index in [4.69, 9.17) is 5.73 Å². The van der Waals surface area contributed by atoms with Gasteiger partial charge in [0.15, 0.2) is 0 Å². The second-order valence-corrected chi connectivity index (χ2v) is 5.94. The lowest BCUT2D eigenvalue weighted by Crippen LogP contribution is -2.43. The van der Waals surface area contributed by atoms with Crippen LogP contribution in [0.2, 0.25) is 0 Å². The molecule has 0 spiro atoms. The molecule has 0 radical (unpaired) electrons. The zero-order valence-electron chi connectivity index (χ0n) is 12.4. The molecule has 2 N–H and O–H groups in total. The van der Waals surface area contributed by atoms with Crippen LogP contribution in [0.1, 0.15) is 44.6 Å². The van der Waals surface area contributed by atoms with Gasteiger partial charge in [0, 0.05) is 24.8 Å². The number of hydrogen-bond acceptors (Lipinski definition) is 2. The first kappa shape index (κ1) is 14.4. The molecule has 1 fully saturated rings. The summed E-state index contributed by atoms with van der Waals surface area (Å²) in [6, 6.07) is 9.07. The average Bonchev–Trinajstić information content (AvgIpc) is 2.45. The van der Waals surface area contributed by atoms with E-state index in [0.717, 1.165) is 19.0 Å². The van der Waals surface area contributed by atoms with Crippen molar-refractivity contribution in [2.45, 2.75) is 52.0 Å². The van der Waals surface area contributed by atoms with Crippen molar-refractivity contribution in [3.63, 3.8) is 0 Å². The summed E-state index contributed by atoms with van der Waals surface area (Å²) in [7, 11) is 0. The third kappa shape index (κ3) is 3.97. The van der Waals surface area contributed by atoms with Crippen LogP contribution >= 0.6 is 0 Å². The highest BCUT2D eigenvalue weighted by atomic mass is 15.1. The second kappa shape index (κ2) is 6.95. The minimum Gasteiger partial charge on any atom is -0.370 e. The van der Waals surface area contributed by atoms with Gasteiger partial charge in [-0.25, -0.2) is 0 Å². The molecule has 0 bridgehead atoms. The molecule has 0 amide bonds. The normalized spacial score (nSPS) is 18.3. The molecule has 1 aliphatic carbocycles. The van der Waals surface area contributed by atoms with Crippen LogP contribution in [0.25, 0.3) is 0 Å². The number of rotatable bonds is 5. The number of nitrogens with zero attached hydrogens (tertiary/aromatic N) is 1. The van der Waals surface area contributed by atoms with Gasteiger partial charge in [-0.05, 0) is 50.3 Å². The zero-order valence-corrected chi connectivity index (χ0v) is 12.4. The number of likely N-dealkylation sites (N-methyl/N-ethyl adjacent to an activating group) is 1. The van der Waals surface area contributed by atoms with Crippen molar-refractivity contribution >= 4 is 5.69 Å². The Morgan fingerprint density at radius 3 is 2.63 bits per heavy atom. The summed E-state index contributed by atoms with van der Waals surface area (Å²) in [5.41, 5.74) is 9.09. The standard InChI is InChI=1S/C17H28N2/c1-3-19(16-11-7-8-14(2)12-16)13-17(18)15-9-5-4-6-10-15/h7-8,11-12,15,17H,3-6,9-10,13,18H2,1-2H3. The van der Waals surface area contributed by atoms with E-state index in [9.17, 15) is 0 Å². The maximum atomic E-state index is 6.46. The van der Waals surface area contributed by atoms with Crippen LogP contribution in [0.5, 0.6) is 0 Å². The van der Waals surface area contributed by atoms with Crippen LogP contribution in [0, 0.1) is 12.8 Å². The molecule has 0 aromatic heterocycles. The van der Waals surface area contributed by atoms with Crippen molar-refractivity contribution in [2.24, 2.45) is 11.7 Å². The van der Waals surface area contributed by atoms with E-state index in [-0.39, 0.29) is 0 Å². The van der Waals surface area contributed by atoms with Crippen molar-refractivity contribution < 1.29 is 0 Å². The minimum absolute atomic E-state index is 0.320. The largest absolute Gasteiger partial charge is 0.370 e. The molecule has 1 aromatic rings. The van der Waals surface area contributed by atoms with Gasteiger partial charge in [0.25, 0.3) is 0 Å². The van der Waals surface area contributed by atoms with Gasteiger partial charge in [0.2, 0.25) is 0 Å². The molecule has 0 aliphatic heterocycles. The number of nitrogens with two attached hydrogens (primary N) is 1. The van der Waals surface area contributed by atoms with Gasteiger partial charge in [-0.2, -0.15) is 0 Å². The monoisotopic (exact) mass is 260 g/mol. The van der Waals surface area contributed by atoms with E-state index >= 15 is 0 Å². The van der Waals surface area contributed by atoms with E-state index in [1.807, 2.05) is 0 Å². The Morgan fingerprint density at radius 1 is 1.26 bits per heavy atom. The summed E-state index contributed by atoms with van der Waals surface area (Å²) in [5, 5.41) is 0. The molecular weight excluding hydrogens is 232 g/mol. The molecule has 1 aliphatic rings. The number of benzene rings is 1. The summed E-state index contributed by atoms with van der Waals surface area (Å²) in [6.07, 6.45) is 6.79. The van der Waals surface area contributed by atoms with Crippen LogP contribution in [0.3, 0.4) is 0 Å². The number of aryl methyl sites for hydroxylation is 1. The lowest BCUT2D eigenvalue weighted by molar-refractivity contribution is 0.305. The van der Waals surface area contributed by atoms with E-state index in [0.29, 0.717) is 6.04 Å². The van der Waals surface area contributed by atoms with Gasteiger partial charge < -0.3 is 10.6 Å². The van der Waals surface area contributed by atoms with E-state index in [2.05, 4.69) is 43.0 Å². The van der Waals surface area contributed by atoms with Crippen molar-refractivity contribution in [1.29, 1.82) is 0 Å². The van der Waals surface area contributed by atoms with Gasteiger partial charge in [-0.15, -0.1) is 0 Å². The fourth-order valence-corrected chi connectivity index (χ4v) is 3.21. The van der Waals surface area contributed by atoms with Crippen molar-refractivity contribution in [1.82, 2.24) is 0 Å². The van der Waals surface area contributed by atoms with Crippen LogP contribution < -0.4 is 10.6 Å². The van der Waals surface area contributed by atoms with Crippen LogP contribution in [-0.4, -0.2) is 19.1 Å². The van der Waals surface area contributed by atoms with Crippen LogP contribution in [0.4, 0.5) is 5.69 Å². The topological polar surface area (TPSA) is 29.3 Å². The van der Waals surface area contributed by atoms with Gasteiger partial charge in [0.05, 0.1) is 0 Å². The smallest absolute Gasteiger partial charge is 0.0369 e. The fraction of sp³-hybridized carbons (Fsp3) is 0.647. The summed E-state index contributed by atoms with van der Waals surface area (Å²) in [6.45, 7) is 6.39. The average molecular weight is 260 g/mol. The first-order valence-corrected chi connectivity index (χ1v) is 7.78. The Bertz CT molecular complexity index is 383. The molecule has 2 rings (SSSR count). The molecular formula is C17H28N2. The summed E-state index contributed by atoms with van der Waals surface area (Å²) in [5.74, 6) is 0.729. The Kier molecular flexibility index (Phi) is 5.26. The molecule has 2 nitrogen and oxygen atoms in total. The van der Waals surface area contributed by atoms with E-state index in [1.165, 1.54) is 43.4 Å². The fourth-order valence-electron chi connectivity index (χ4n) is 3.21. The van der Waals surface area contributed by atoms with Crippen molar-refractivity contribution in [3.05, 3.63) is 29.8 Å². The second-order valence-electron chi connectivity index (χ2n) is 5.94. The molecule has 0 saturated heterocycles. The third-order valence-corrected chi connectivity index (χ3v) is 4.44. The zero-order chi connectivity index (χ0) is 13.7. The van der Waals surface area contributed by atoms with E-state index < -0.39 is 0 Å². The summed E-state index contributed by atoms with van der Waals surface area (Å²) >= 11 is 0. The van der Waals surface area contributed by atoms with Gasteiger partial charge in [0.1, 0.15) is 0 Å². The molecule has 1 aromatic carbocycles. The molecule has 0 heterocycles. The predicted molar refractivity (Wildman–Crippen MR) is 83.6 cm³/mol. The number of hydrogen-bond donors (Lipinski definition) is 1. The minimum atomic E-state index is 0.320. The third-order valence-electron chi connectivity index (χ3n) is 4.44. The van der Waals surface area contributed by atoms with Gasteiger partial charge in [-0.3, -0.25) is 0 Å². The molecule has 2 heteroatoms. The van der Waals surface area contributed by atoms with Crippen molar-refractivity contribution in [3.8, 4) is 0 Å². The highest BCUT2D eigenvalue weighted by Gasteiger charge is 2.22.